The first-order valence-electron chi connectivity index (χ1n) is 6.97. The Bertz CT molecular complexity index is 403. The van der Waals surface area contributed by atoms with Gasteiger partial charge in [0.05, 0.1) is 11.4 Å². The summed E-state index contributed by atoms with van der Waals surface area (Å²) in [6, 6.07) is 4.50. The number of anilines is 1. The van der Waals surface area contributed by atoms with Crippen molar-refractivity contribution < 1.29 is 0 Å². The number of hydrogen-bond acceptors (Lipinski definition) is 2. The average Bonchev–Trinajstić information content (AvgIpc) is 2.33. The third kappa shape index (κ3) is 3.17. The smallest absolute Gasteiger partial charge is 0.129 e. The van der Waals surface area contributed by atoms with Gasteiger partial charge in [0.1, 0.15) is 5.15 Å². The molecule has 0 aliphatic heterocycles. The molecule has 2 nitrogen and oxygen atoms in total. The van der Waals surface area contributed by atoms with Crippen LogP contribution in [0.2, 0.25) is 5.15 Å². The largest absolute Gasteiger partial charge is 0.381 e. The molecule has 1 fully saturated rings. The van der Waals surface area contributed by atoms with E-state index in [4.69, 9.17) is 11.6 Å². The van der Waals surface area contributed by atoms with E-state index < -0.39 is 0 Å². The van der Waals surface area contributed by atoms with Crippen LogP contribution in [0, 0.1) is 18.8 Å². The Kier molecular flexibility index (Phi) is 4.50. The summed E-state index contributed by atoms with van der Waals surface area (Å²) in [5.74, 6) is 1.51. The maximum absolute atomic E-state index is 5.90. The molecule has 0 aromatic carbocycles. The topological polar surface area (TPSA) is 24.9 Å². The zero-order chi connectivity index (χ0) is 13.1. The Hall–Kier alpha value is -0.760. The first-order valence-corrected chi connectivity index (χ1v) is 7.35. The quantitative estimate of drug-likeness (QED) is 0.804. The standard InChI is InChI=1S/C15H23ClN2/c1-10(2)12-6-4-5-7-14(12)18-13-8-9-15(16)17-11(13)3/h8-10,12,14,18H,4-7H2,1-3H3. The molecule has 1 aromatic rings. The predicted molar refractivity (Wildman–Crippen MR) is 78.2 cm³/mol. The number of hydrogen-bond donors (Lipinski definition) is 1. The molecule has 1 aliphatic carbocycles. The SMILES string of the molecule is Cc1nc(Cl)ccc1NC1CCCCC1C(C)C. The van der Waals surface area contributed by atoms with E-state index in [1.807, 2.05) is 13.0 Å². The Morgan fingerprint density at radius 2 is 2.00 bits per heavy atom. The molecular formula is C15H23ClN2. The van der Waals surface area contributed by atoms with Crippen molar-refractivity contribution in [2.45, 2.75) is 52.5 Å². The average molecular weight is 267 g/mol. The second kappa shape index (κ2) is 5.92. The Morgan fingerprint density at radius 1 is 1.28 bits per heavy atom. The summed E-state index contributed by atoms with van der Waals surface area (Å²) in [4.78, 5) is 4.31. The summed E-state index contributed by atoms with van der Waals surface area (Å²) in [6.45, 7) is 6.68. The number of aromatic nitrogens is 1. The minimum absolute atomic E-state index is 0.571. The summed E-state index contributed by atoms with van der Waals surface area (Å²) in [5.41, 5.74) is 2.13. The molecule has 3 heteroatoms. The summed E-state index contributed by atoms with van der Waals surface area (Å²) in [5, 5.41) is 4.26. The molecule has 1 heterocycles. The van der Waals surface area contributed by atoms with E-state index in [9.17, 15) is 0 Å². The van der Waals surface area contributed by atoms with Crippen molar-refractivity contribution in [3.8, 4) is 0 Å². The molecule has 0 amide bonds. The fourth-order valence-electron chi connectivity index (χ4n) is 3.02. The lowest BCUT2D eigenvalue weighted by molar-refractivity contribution is 0.253. The lowest BCUT2D eigenvalue weighted by Gasteiger charge is -2.35. The second-order valence-electron chi connectivity index (χ2n) is 5.71. The van der Waals surface area contributed by atoms with Crippen molar-refractivity contribution in [1.82, 2.24) is 4.98 Å². The Balaban J connectivity index is 2.11. The highest BCUT2D eigenvalue weighted by atomic mass is 35.5. The molecule has 2 unspecified atom stereocenters. The predicted octanol–water partition coefficient (Wildman–Crippen LogP) is 4.67. The van der Waals surface area contributed by atoms with E-state index in [-0.39, 0.29) is 0 Å². The van der Waals surface area contributed by atoms with E-state index in [0.29, 0.717) is 11.2 Å². The minimum Gasteiger partial charge on any atom is -0.381 e. The Morgan fingerprint density at radius 3 is 2.67 bits per heavy atom. The Labute approximate surface area is 115 Å². The van der Waals surface area contributed by atoms with Crippen LogP contribution in [0.25, 0.3) is 0 Å². The molecule has 1 N–H and O–H groups in total. The lowest BCUT2D eigenvalue weighted by Crippen LogP contribution is -2.35. The van der Waals surface area contributed by atoms with Crippen LogP contribution in [-0.4, -0.2) is 11.0 Å². The molecule has 100 valence electrons. The maximum Gasteiger partial charge on any atom is 0.129 e. The molecule has 0 saturated heterocycles. The molecule has 1 aromatic heterocycles. The van der Waals surface area contributed by atoms with Gasteiger partial charge in [0, 0.05) is 6.04 Å². The number of rotatable bonds is 3. The molecule has 2 rings (SSSR count). The molecule has 0 radical (unpaired) electrons. The van der Waals surface area contributed by atoms with Crippen molar-refractivity contribution in [3.63, 3.8) is 0 Å². The van der Waals surface area contributed by atoms with Crippen molar-refractivity contribution in [3.05, 3.63) is 23.0 Å². The first kappa shape index (κ1) is 13.7. The molecular weight excluding hydrogens is 244 g/mol. The van der Waals surface area contributed by atoms with Crippen molar-refractivity contribution in [1.29, 1.82) is 0 Å². The summed E-state index contributed by atoms with van der Waals surface area (Å²) < 4.78 is 0. The molecule has 1 aliphatic rings. The van der Waals surface area contributed by atoms with E-state index in [2.05, 4.69) is 30.2 Å². The molecule has 1 saturated carbocycles. The van der Waals surface area contributed by atoms with Gasteiger partial charge in [-0.25, -0.2) is 4.98 Å². The highest BCUT2D eigenvalue weighted by molar-refractivity contribution is 6.29. The van der Waals surface area contributed by atoms with Crippen LogP contribution < -0.4 is 5.32 Å². The molecule has 0 bridgehead atoms. The zero-order valence-electron chi connectivity index (χ0n) is 11.5. The normalized spacial score (nSPS) is 24.3. The van der Waals surface area contributed by atoms with E-state index in [0.717, 1.165) is 23.2 Å². The van der Waals surface area contributed by atoms with Crippen LogP contribution in [-0.2, 0) is 0 Å². The van der Waals surface area contributed by atoms with Gasteiger partial charge in [-0.2, -0.15) is 0 Å². The summed E-state index contributed by atoms with van der Waals surface area (Å²) in [6.07, 6.45) is 5.32. The summed E-state index contributed by atoms with van der Waals surface area (Å²) in [7, 11) is 0. The van der Waals surface area contributed by atoms with Crippen LogP contribution in [0.4, 0.5) is 5.69 Å². The highest BCUT2D eigenvalue weighted by Gasteiger charge is 2.27. The van der Waals surface area contributed by atoms with Crippen LogP contribution in [0.5, 0.6) is 0 Å². The van der Waals surface area contributed by atoms with Crippen molar-refractivity contribution >= 4 is 17.3 Å². The maximum atomic E-state index is 5.90. The molecule has 18 heavy (non-hydrogen) atoms. The molecule has 0 spiro atoms. The number of pyridine rings is 1. The van der Waals surface area contributed by atoms with Crippen molar-refractivity contribution in [2.75, 3.05) is 5.32 Å². The van der Waals surface area contributed by atoms with Crippen LogP contribution in [0.3, 0.4) is 0 Å². The second-order valence-corrected chi connectivity index (χ2v) is 6.10. The van der Waals surface area contributed by atoms with Gasteiger partial charge in [-0.1, -0.05) is 38.3 Å². The van der Waals surface area contributed by atoms with Gasteiger partial charge in [0.25, 0.3) is 0 Å². The minimum atomic E-state index is 0.571. The summed E-state index contributed by atoms with van der Waals surface area (Å²) >= 11 is 5.90. The number of nitrogens with one attached hydrogen (secondary N) is 1. The fraction of sp³-hybridized carbons (Fsp3) is 0.667. The number of nitrogens with zero attached hydrogens (tertiary/aromatic N) is 1. The van der Waals surface area contributed by atoms with Gasteiger partial charge >= 0.3 is 0 Å². The number of halogens is 1. The van der Waals surface area contributed by atoms with Gasteiger partial charge in [-0.15, -0.1) is 0 Å². The van der Waals surface area contributed by atoms with Gasteiger partial charge in [-0.05, 0) is 43.7 Å². The van der Waals surface area contributed by atoms with E-state index >= 15 is 0 Å². The van der Waals surface area contributed by atoms with Gasteiger partial charge < -0.3 is 5.32 Å². The monoisotopic (exact) mass is 266 g/mol. The highest BCUT2D eigenvalue weighted by Crippen LogP contribution is 2.32. The van der Waals surface area contributed by atoms with Gasteiger partial charge in [-0.3, -0.25) is 0 Å². The van der Waals surface area contributed by atoms with Crippen LogP contribution in [0.15, 0.2) is 12.1 Å². The third-order valence-corrected chi connectivity index (χ3v) is 4.28. The molecule has 2 atom stereocenters. The van der Waals surface area contributed by atoms with E-state index in [1.165, 1.54) is 25.7 Å². The lowest BCUT2D eigenvalue weighted by atomic mass is 9.78. The fourth-order valence-corrected chi connectivity index (χ4v) is 3.21. The van der Waals surface area contributed by atoms with Crippen LogP contribution in [0.1, 0.15) is 45.2 Å². The zero-order valence-corrected chi connectivity index (χ0v) is 12.3. The first-order chi connectivity index (χ1) is 8.58. The van der Waals surface area contributed by atoms with Crippen molar-refractivity contribution in [2.24, 2.45) is 11.8 Å². The van der Waals surface area contributed by atoms with E-state index in [1.54, 1.807) is 0 Å². The van der Waals surface area contributed by atoms with Crippen LogP contribution >= 0.6 is 11.6 Å². The third-order valence-electron chi connectivity index (χ3n) is 4.07. The van der Waals surface area contributed by atoms with Gasteiger partial charge in [0.2, 0.25) is 0 Å². The number of aryl methyl sites for hydroxylation is 1. The van der Waals surface area contributed by atoms with Gasteiger partial charge in [0.15, 0.2) is 0 Å².